The summed E-state index contributed by atoms with van der Waals surface area (Å²) in [4.78, 5) is 13.3. The molecule has 3 nitrogen and oxygen atoms in total. The van der Waals surface area contributed by atoms with Crippen LogP contribution in [0.2, 0.25) is 0 Å². The summed E-state index contributed by atoms with van der Waals surface area (Å²) in [6, 6.07) is 0.0740. The van der Waals surface area contributed by atoms with Crippen molar-refractivity contribution in [1.29, 1.82) is 0 Å². The first-order valence-electron chi connectivity index (χ1n) is 5.77. The Hall–Kier alpha value is -0.380. The number of thioether (sulfide) groups is 1. The summed E-state index contributed by atoms with van der Waals surface area (Å²) in [7, 11) is 0. The van der Waals surface area contributed by atoms with Crippen LogP contribution in [0.3, 0.4) is 0 Å². The summed E-state index contributed by atoms with van der Waals surface area (Å²) in [5, 5.41) is 2.94. The number of rotatable bonds is 8. The van der Waals surface area contributed by atoms with Crippen molar-refractivity contribution in [1.82, 2.24) is 10.2 Å². The monoisotopic (exact) mass is 232 g/mol. The minimum atomic E-state index is 0.0740. The van der Waals surface area contributed by atoms with E-state index in [1.165, 1.54) is 18.6 Å². The molecule has 0 saturated carbocycles. The van der Waals surface area contributed by atoms with E-state index in [-0.39, 0.29) is 6.03 Å². The van der Waals surface area contributed by atoms with Crippen LogP contribution in [0.25, 0.3) is 0 Å². The van der Waals surface area contributed by atoms with E-state index < -0.39 is 0 Å². The van der Waals surface area contributed by atoms with E-state index in [0.29, 0.717) is 0 Å². The van der Waals surface area contributed by atoms with Crippen LogP contribution in [-0.4, -0.2) is 42.6 Å². The van der Waals surface area contributed by atoms with Crippen molar-refractivity contribution >= 4 is 17.8 Å². The second-order valence-electron chi connectivity index (χ2n) is 3.46. The summed E-state index contributed by atoms with van der Waals surface area (Å²) < 4.78 is 0. The van der Waals surface area contributed by atoms with E-state index in [0.717, 1.165) is 26.1 Å². The lowest BCUT2D eigenvalue weighted by atomic mass is 10.2. The molecule has 0 aliphatic rings. The molecular formula is C11H24N2OS. The number of hydrogen-bond acceptors (Lipinski definition) is 2. The fourth-order valence-electron chi connectivity index (χ4n) is 1.37. The maximum atomic E-state index is 11.5. The lowest BCUT2D eigenvalue weighted by molar-refractivity contribution is 0.203. The molecule has 0 fully saturated rings. The van der Waals surface area contributed by atoms with Gasteiger partial charge in [0, 0.05) is 19.6 Å². The van der Waals surface area contributed by atoms with Crippen molar-refractivity contribution in [3.05, 3.63) is 0 Å². The first-order valence-corrected chi connectivity index (χ1v) is 7.17. The Morgan fingerprint density at radius 1 is 1.20 bits per heavy atom. The number of urea groups is 1. The van der Waals surface area contributed by atoms with Gasteiger partial charge in [0.25, 0.3) is 0 Å². The highest BCUT2D eigenvalue weighted by atomic mass is 32.2. The Labute approximate surface area is 98.0 Å². The molecule has 0 spiro atoms. The van der Waals surface area contributed by atoms with Crippen LogP contribution in [0.1, 0.15) is 33.1 Å². The minimum Gasteiger partial charge on any atom is -0.338 e. The molecular weight excluding hydrogens is 208 g/mol. The molecule has 1 N–H and O–H groups in total. The summed E-state index contributed by atoms with van der Waals surface area (Å²) in [5.74, 6) is 1.23. The van der Waals surface area contributed by atoms with Gasteiger partial charge in [0.2, 0.25) is 0 Å². The average molecular weight is 232 g/mol. The quantitative estimate of drug-likeness (QED) is 0.652. The van der Waals surface area contributed by atoms with Crippen LogP contribution >= 0.6 is 11.8 Å². The van der Waals surface area contributed by atoms with E-state index in [1.807, 2.05) is 30.5 Å². The minimum absolute atomic E-state index is 0.0740. The van der Waals surface area contributed by atoms with Gasteiger partial charge < -0.3 is 10.2 Å². The van der Waals surface area contributed by atoms with Crippen LogP contribution in [0.5, 0.6) is 0 Å². The zero-order valence-corrected chi connectivity index (χ0v) is 11.0. The van der Waals surface area contributed by atoms with Gasteiger partial charge in [-0.05, 0) is 38.7 Å². The largest absolute Gasteiger partial charge is 0.338 e. The lowest BCUT2D eigenvalue weighted by Gasteiger charge is -2.19. The number of nitrogens with zero attached hydrogens (tertiary/aromatic N) is 1. The fraction of sp³-hybridized carbons (Fsp3) is 0.909. The van der Waals surface area contributed by atoms with Gasteiger partial charge in [-0.2, -0.15) is 11.8 Å². The molecule has 0 heterocycles. The molecule has 0 aromatic carbocycles. The van der Waals surface area contributed by atoms with Crippen molar-refractivity contribution in [3.63, 3.8) is 0 Å². The van der Waals surface area contributed by atoms with E-state index in [9.17, 15) is 4.79 Å². The standard InChI is InChI=1S/C11H24N2OS/c1-4-13(5-2)11(14)12-9-7-6-8-10-15-3/h4-10H2,1-3H3,(H,12,14). The van der Waals surface area contributed by atoms with Gasteiger partial charge in [-0.3, -0.25) is 0 Å². The Morgan fingerprint density at radius 2 is 1.87 bits per heavy atom. The Kier molecular flexibility index (Phi) is 9.89. The van der Waals surface area contributed by atoms with Crippen LogP contribution < -0.4 is 5.32 Å². The maximum Gasteiger partial charge on any atom is 0.317 e. The second-order valence-corrected chi connectivity index (χ2v) is 4.44. The van der Waals surface area contributed by atoms with Gasteiger partial charge in [0.05, 0.1) is 0 Å². The van der Waals surface area contributed by atoms with Gasteiger partial charge >= 0.3 is 6.03 Å². The lowest BCUT2D eigenvalue weighted by Crippen LogP contribution is -2.40. The molecule has 0 aromatic heterocycles. The Bertz CT molecular complexity index is 161. The highest BCUT2D eigenvalue weighted by molar-refractivity contribution is 7.98. The first-order chi connectivity index (χ1) is 7.26. The Balaban J connectivity index is 3.38. The molecule has 4 heteroatoms. The summed E-state index contributed by atoms with van der Waals surface area (Å²) in [6.45, 7) is 6.39. The van der Waals surface area contributed by atoms with Crippen molar-refractivity contribution in [2.45, 2.75) is 33.1 Å². The molecule has 0 aliphatic heterocycles. The zero-order valence-electron chi connectivity index (χ0n) is 10.2. The number of amides is 2. The molecule has 0 aliphatic carbocycles. The van der Waals surface area contributed by atoms with Gasteiger partial charge in [-0.15, -0.1) is 0 Å². The molecule has 0 saturated heterocycles. The van der Waals surface area contributed by atoms with Crippen molar-refractivity contribution < 1.29 is 4.79 Å². The van der Waals surface area contributed by atoms with E-state index >= 15 is 0 Å². The summed E-state index contributed by atoms with van der Waals surface area (Å²) >= 11 is 1.88. The highest BCUT2D eigenvalue weighted by Crippen LogP contribution is 2.01. The number of carbonyl (C=O) groups excluding carboxylic acids is 1. The third-order valence-electron chi connectivity index (χ3n) is 2.35. The summed E-state index contributed by atoms with van der Waals surface area (Å²) in [6.07, 6.45) is 5.68. The molecule has 0 unspecified atom stereocenters. The predicted octanol–water partition coefficient (Wildman–Crippen LogP) is 2.57. The number of carbonyl (C=O) groups is 1. The number of hydrogen-bond donors (Lipinski definition) is 1. The van der Waals surface area contributed by atoms with Gasteiger partial charge in [0.15, 0.2) is 0 Å². The van der Waals surface area contributed by atoms with Crippen LogP contribution in [0.15, 0.2) is 0 Å². The topological polar surface area (TPSA) is 32.3 Å². The summed E-state index contributed by atoms with van der Waals surface area (Å²) in [5.41, 5.74) is 0. The molecule has 0 rings (SSSR count). The molecule has 90 valence electrons. The van der Waals surface area contributed by atoms with E-state index in [1.54, 1.807) is 0 Å². The fourth-order valence-corrected chi connectivity index (χ4v) is 1.86. The smallest absolute Gasteiger partial charge is 0.317 e. The second kappa shape index (κ2) is 10.1. The third-order valence-corrected chi connectivity index (χ3v) is 3.05. The van der Waals surface area contributed by atoms with Crippen molar-refractivity contribution in [2.24, 2.45) is 0 Å². The normalized spacial score (nSPS) is 10.1. The number of unbranched alkanes of at least 4 members (excludes halogenated alkanes) is 2. The van der Waals surface area contributed by atoms with Crippen LogP contribution in [0.4, 0.5) is 4.79 Å². The van der Waals surface area contributed by atoms with Gasteiger partial charge in [-0.25, -0.2) is 4.79 Å². The van der Waals surface area contributed by atoms with Crippen molar-refractivity contribution in [2.75, 3.05) is 31.6 Å². The number of nitrogens with one attached hydrogen (secondary N) is 1. The zero-order chi connectivity index (χ0) is 11.5. The predicted molar refractivity (Wildman–Crippen MR) is 68.6 cm³/mol. The molecule has 15 heavy (non-hydrogen) atoms. The molecule has 0 aromatic rings. The molecule has 0 bridgehead atoms. The molecule has 0 radical (unpaired) electrons. The van der Waals surface area contributed by atoms with Gasteiger partial charge in [-0.1, -0.05) is 6.42 Å². The van der Waals surface area contributed by atoms with E-state index in [4.69, 9.17) is 0 Å². The van der Waals surface area contributed by atoms with Crippen LogP contribution in [0, 0.1) is 0 Å². The van der Waals surface area contributed by atoms with Crippen LogP contribution in [-0.2, 0) is 0 Å². The SMILES string of the molecule is CCN(CC)C(=O)NCCCCCSC. The van der Waals surface area contributed by atoms with Gasteiger partial charge in [0.1, 0.15) is 0 Å². The first kappa shape index (κ1) is 14.6. The molecule has 2 amide bonds. The average Bonchev–Trinajstić information content (AvgIpc) is 2.25. The van der Waals surface area contributed by atoms with Crippen molar-refractivity contribution in [3.8, 4) is 0 Å². The third kappa shape index (κ3) is 7.54. The van der Waals surface area contributed by atoms with E-state index in [2.05, 4.69) is 11.6 Å². The highest BCUT2D eigenvalue weighted by Gasteiger charge is 2.06. The Morgan fingerprint density at radius 3 is 2.40 bits per heavy atom. The molecule has 0 atom stereocenters. The maximum absolute atomic E-state index is 11.5.